The summed E-state index contributed by atoms with van der Waals surface area (Å²) in [6.07, 6.45) is 5.77. The molecule has 2 aromatic rings. The van der Waals surface area contributed by atoms with Gasteiger partial charge >= 0.3 is 6.03 Å². The molecule has 1 aromatic carbocycles. The number of likely N-dealkylation sites (tertiary alicyclic amines) is 1. The highest BCUT2D eigenvalue weighted by Gasteiger charge is 2.28. The number of aromatic nitrogens is 2. The number of piperazine rings is 1. The van der Waals surface area contributed by atoms with Gasteiger partial charge < -0.3 is 15.1 Å². The molecule has 1 N–H and O–H groups in total. The van der Waals surface area contributed by atoms with Crippen LogP contribution >= 0.6 is 0 Å². The van der Waals surface area contributed by atoms with Crippen molar-refractivity contribution >= 4 is 12.0 Å². The zero-order valence-electron chi connectivity index (χ0n) is 18.8. The van der Waals surface area contributed by atoms with Gasteiger partial charge in [-0.2, -0.15) is 0 Å². The second-order valence-corrected chi connectivity index (χ2v) is 8.92. The summed E-state index contributed by atoms with van der Waals surface area (Å²) in [5.41, 5.74) is 1.37. The molecule has 2 aliphatic heterocycles. The number of carbonyl (C=O) groups excluding carboxylic acids is 1. The number of hydrogen-bond donors (Lipinski definition) is 1. The van der Waals surface area contributed by atoms with Gasteiger partial charge in [-0.15, -0.1) is 0 Å². The minimum absolute atomic E-state index is 0.00121. The van der Waals surface area contributed by atoms with Gasteiger partial charge in [0.2, 0.25) is 5.95 Å². The van der Waals surface area contributed by atoms with E-state index in [0.717, 1.165) is 32.6 Å². The second-order valence-electron chi connectivity index (χ2n) is 8.92. The lowest BCUT2D eigenvalue weighted by Gasteiger charge is -2.39. The number of benzene rings is 1. The maximum absolute atomic E-state index is 13.1. The van der Waals surface area contributed by atoms with Gasteiger partial charge in [-0.25, -0.2) is 19.2 Å². The van der Waals surface area contributed by atoms with Crippen molar-refractivity contribution in [3.8, 4) is 0 Å². The first-order chi connectivity index (χ1) is 15.6. The molecule has 2 fully saturated rings. The van der Waals surface area contributed by atoms with Gasteiger partial charge in [0.25, 0.3) is 0 Å². The summed E-state index contributed by atoms with van der Waals surface area (Å²) in [5.74, 6) is 0.741. The molecular formula is C24H33FN6O. The molecule has 3 heterocycles. The Morgan fingerprint density at radius 3 is 2.50 bits per heavy atom. The first-order valence-electron chi connectivity index (χ1n) is 11.6. The Morgan fingerprint density at radius 1 is 1.09 bits per heavy atom. The molecule has 0 spiro atoms. The quantitative estimate of drug-likeness (QED) is 0.748. The Balaban J connectivity index is 1.14. The van der Waals surface area contributed by atoms with Crippen LogP contribution in [-0.2, 0) is 6.54 Å². The molecule has 0 unspecified atom stereocenters. The second kappa shape index (κ2) is 10.7. The van der Waals surface area contributed by atoms with E-state index in [2.05, 4.69) is 50.5 Å². The van der Waals surface area contributed by atoms with E-state index in [1.54, 1.807) is 0 Å². The van der Waals surface area contributed by atoms with Crippen LogP contribution in [0, 0.1) is 11.7 Å². The molecule has 1 aromatic heterocycles. The molecule has 0 radical (unpaired) electrons. The molecule has 8 heteroatoms. The number of nitrogens with zero attached hydrogens (tertiary/aromatic N) is 5. The van der Waals surface area contributed by atoms with Gasteiger partial charge in [-0.05, 0) is 50.8 Å². The lowest BCUT2D eigenvalue weighted by Crippen LogP contribution is -2.57. The van der Waals surface area contributed by atoms with Crippen LogP contribution in [0.3, 0.4) is 0 Å². The van der Waals surface area contributed by atoms with Crippen molar-refractivity contribution in [2.45, 2.75) is 38.8 Å². The molecule has 172 valence electrons. The lowest BCUT2D eigenvalue weighted by molar-refractivity contribution is 0.162. The van der Waals surface area contributed by atoms with Gasteiger partial charge in [0.05, 0.1) is 12.4 Å². The molecule has 0 bridgehead atoms. The predicted molar refractivity (Wildman–Crippen MR) is 123 cm³/mol. The third-order valence-electron chi connectivity index (χ3n) is 6.56. The number of halogens is 1. The van der Waals surface area contributed by atoms with Crippen LogP contribution in [0.1, 0.15) is 31.7 Å². The number of hydrogen-bond acceptors (Lipinski definition) is 5. The fraction of sp³-hybridized carbons (Fsp3) is 0.542. The third-order valence-corrected chi connectivity index (χ3v) is 6.56. The predicted octanol–water partition coefficient (Wildman–Crippen LogP) is 3.14. The molecule has 0 saturated carbocycles. The average Bonchev–Trinajstić information content (AvgIpc) is 2.81. The zero-order valence-corrected chi connectivity index (χ0v) is 18.8. The molecular weight excluding hydrogens is 407 g/mol. The third kappa shape index (κ3) is 5.94. The molecule has 1 atom stereocenters. The fourth-order valence-corrected chi connectivity index (χ4v) is 4.67. The van der Waals surface area contributed by atoms with Crippen LogP contribution in [0.5, 0.6) is 0 Å². The van der Waals surface area contributed by atoms with Crippen LogP contribution in [0.25, 0.3) is 0 Å². The van der Waals surface area contributed by atoms with Crippen molar-refractivity contribution < 1.29 is 9.18 Å². The molecule has 2 saturated heterocycles. The summed E-state index contributed by atoms with van der Waals surface area (Å²) in [6, 6.07) is 10.7. The van der Waals surface area contributed by atoms with Crippen LogP contribution in [-0.4, -0.2) is 71.1 Å². The standard InChI is InChI=1S/C24H33FN6O/c1-19-17-30(23-27-15-22(25)16-28-23)13-14-31(19)24(32)26-10-7-20-8-11-29(12-9-20)18-21-5-3-2-4-6-21/h2-6,15-16,19-20H,7-14,17-18H2,1H3,(H,26,32)/t19-/m1/s1. The fourth-order valence-electron chi connectivity index (χ4n) is 4.67. The van der Waals surface area contributed by atoms with Gasteiger partial charge in [-0.3, -0.25) is 4.90 Å². The number of carbonyl (C=O) groups is 1. The first kappa shape index (κ1) is 22.5. The van der Waals surface area contributed by atoms with Gasteiger partial charge in [0, 0.05) is 38.8 Å². The molecule has 4 rings (SSSR count). The maximum atomic E-state index is 13.1. The Labute approximate surface area is 189 Å². The first-order valence-corrected chi connectivity index (χ1v) is 11.6. The van der Waals surface area contributed by atoms with Crippen LogP contribution < -0.4 is 10.2 Å². The number of urea groups is 1. The molecule has 2 aliphatic rings. The number of amides is 2. The van der Waals surface area contributed by atoms with Crippen molar-refractivity contribution in [3.05, 3.63) is 54.1 Å². The van der Waals surface area contributed by atoms with Gasteiger partial charge in [0.1, 0.15) is 0 Å². The van der Waals surface area contributed by atoms with E-state index in [9.17, 15) is 9.18 Å². The Bertz CT molecular complexity index is 857. The summed E-state index contributed by atoms with van der Waals surface area (Å²) in [5, 5.41) is 3.12. The average molecular weight is 441 g/mol. The zero-order chi connectivity index (χ0) is 22.3. The summed E-state index contributed by atoms with van der Waals surface area (Å²) >= 11 is 0. The van der Waals surface area contributed by atoms with E-state index >= 15 is 0 Å². The van der Waals surface area contributed by atoms with E-state index in [0.29, 0.717) is 31.5 Å². The van der Waals surface area contributed by atoms with E-state index in [-0.39, 0.29) is 12.1 Å². The van der Waals surface area contributed by atoms with Crippen LogP contribution in [0.4, 0.5) is 15.1 Å². The number of rotatable bonds is 6. The minimum atomic E-state index is -0.443. The number of anilines is 1. The highest BCUT2D eigenvalue weighted by molar-refractivity contribution is 5.74. The minimum Gasteiger partial charge on any atom is -0.338 e. The van der Waals surface area contributed by atoms with E-state index in [4.69, 9.17) is 0 Å². The topological polar surface area (TPSA) is 64.6 Å². The van der Waals surface area contributed by atoms with Crippen molar-refractivity contribution in [3.63, 3.8) is 0 Å². The monoisotopic (exact) mass is 440 g/mol. The molecule has 2 amide bonds. The largest absolute Gasteiger partial charge is 0.338 e. The van der Waals surface area contributed by atoms with Crippen LogP contribution in [0.2, 0.25) is 0 Å². The lowest BCUT2D eigenvalue weighted by atomic mass is 9.93. The smallest absolute Gasteiger partial charge is 0.317 e. The van der Waals surface area contributed by atoms with E-state index in [1.807, 2.05) is 16.7 Å². The van der Waals surface area contributed by atoms with E-state index in [1.165, 1.54) is 30.8 Å². The van der Waals surface area contributed by atoms with E-state index < -0.39 is 5.82 Å². The molecule has 32 heavy (non-hydrogen) atoms. The molecule has 7 nitrogen and oxygen atoms in total. The SMILES string of the molecule is C[C@@H]1CN(c2ncc(F)cn2)CCN1C(=O)NCCC1CCN(Cc2ccccc2)CC1. The summed E-state index contributed by atoms with van der Waals surface area (Å²) in [6.45, 7) is 7.90. The number of nitrogens with one attached hydrogen (secondary N) is 1. The highest BCUT2D eigenvalue weighted by Crippen LogP contribution is 2.21. The van der Waals surface area contributed by atoms with Crippen molar-refractivity contribution in [2.75, 3.05) is 44.2 Å². The Morgan fingerprint density at radius 2 is 1.81 bits per heavy atom. The summed E-state index contributed by atoms with van der Waals surface area (Å²) < 4.78 is 13.1. The molecule has 0 aliphatic carbocycles. The maximum Gasteiger partial charge on any atom is 0.317 e. The van der Waals surface area contributed by atoms with Gasteiger partial charge in [0.15, 0.2) is 5.82 Å². The van der Waals surface area contributed by atoms with Gasteiger partial charge in [-0.1, -0.05) is 30.3 Å². The van der Waals surface area contributed by atoms with Crippen molar-refractivity contribution in [2.24, 2.45) is 5.92 Å². The summed E-state index contributed by atoms with van der Waals surface area (Å²) in [7, 11) is 0. The summed E-state index contributed by atoms with van der Waals surface area (Å²) in [4.78, 5) is 27.2. The Hall–Kier alpha value is -2.74. The van der Waals surface area contributed by atoms with Crippen LogP contribution in [0.15, 0.2) is 42.7 Å². The Kier molecular flexibility index (Phi) is 7.52. The van der Waals surface area contributed by atoms with Crippen molar-refractivity contribution in [1.29, 1.82) is 0 Å². The normalized spacial score (nSPS) is 20.4. The highest BCUT2D eigenvalue weighted by atomic mass is 19.1. The van der Waals surface area contributed by atoms with Crippen molar-refractivity contribution in [1.82, 2.24) is 25.1 Å². The number of piperidine rings is 1.